The standard InChI is InChI=1S/C22H29F3N2O4/c1-26(21(30)31-20-10-6-18(7-11-20)22(23,24)25)19-8-4-17(5-9-19)3-2-12-27(13-15-28)14-16-29/h6-7,10-11,17,19,28-29H,4-5,8-9,12-16H2,1H3/t17-,19-. The Hall–Kier alpha value is -2.28. The number of aliphatic hydroxyl groups is 2. The molecular formula is C22H29F3N2O4. The van der Waals surface area contributed by atoms with E-state index in [1.54, 1.807) is 7.05 Å². The molecule has 0 spiro atoms. The Bertz CT molecular complexity index is 745. The van der Waals surface area contributed by atoms with Crippen LogP contribution in [0.1, 0.15) is 31.2 Å². The van der Waals surface area contributed by atoms with E-state index in [1.807, 2.05) is 4.90 Å². The van der Waals surface area contributed by atoms with Gasteiger partial charge in [-0.05, 0) is 49.9 Å². The lowest BCUT2D eigenvalue weighted by Gasteiger charge is -2.32. The average molecular weight is 442 g/mol. The van der Waals surface area contributed by atoms with E-state index in [1.165, 1.54) is 4.90 Å². The molecule has 1 fully saturated rings. The molecule has 6 nitrogen and oxygen atoms in total. The molecule has 0 saturated heterocycles. The van der Waals surface area contributed by atoms with Gasteiger partial charge in [0.1, 0.15) is 5.75 Å². The highest BCUT2D eigenvalue weighted by Crippen LogP contribution is 2.31. The molecule has 1 amide bonds. The molecule has 9 heteroatoms. The molecule has 0 aliphatic heterocycles. The van der Waals surface area contributed by atoms with Crippen molar-refractivity contribution in [3.63, 3.8) is 0 Å². The van der Waals surface area contributed by atoms with Gasteiger partial charge < -0.3 is 19.8 Å². The van der Waals surface area contributed by atoms with Crippen LogP contribution in [0.15, 0.2) is 24.3 Å². The van der Waals surface area contributed by atoms with Gasteiger partial charge in [-0.3, -0.25) is 4.90 Å². The summed E-state index contributed by atoms with van der Waals surface area (Å²) in [5.74, 6) is 6.63. The molecule has 1 aromatic rings. The van der Waals surface area contributed by atoms with Crippen LogP contribution >= 0.6 is 0 Å². The van der Waals surface area contributed by atoms with E-state index in [2.05, 4.69) is 11.8 Å². The molecule has 1 saturated carbocycles. The van der Waals surface area contributed by atoms with Gasteiger partial charge in [0.2, 0.25) is 0 Å². The van der Waals surface area contributed by atoms with Gasteiger partial charge in [-0.15, -0.1) is 0 Å². The topological polar surface area (TPSA) is 73.2 Å². The Morgan fingerprint density at radius 3 is 2.19 bits per heavy atom. The number of alkyl halides is 3. The Labute approximate surface area is 180 Å². The fourth-order valence-electron chi connectivity index (χ4n) is 3.50. The molecule has 1 aromatic carbocycles. The molecule has 0 atom stereocenters. The predicted molar refractivity (Wildman–Crippen MR) is 109 cm³/mol. The van der Waals surface area contributed by atoms with E-state index in [4.69, 9.17) is 14.9 Å². The summed E-state index contributed by atoms with van der Waals surface area (Å²) in [4.78, 5) is 15.7. The lowest BCUT2D eigenvalue weighted by atomic mass is 9.86. The van der Waals surface area contributed by atoms with Gasteiger partial charge in [-0.25, -0.2) is 4.79 Å². The van der Waals surface area contributed by atoms with Crippen molar-refractivity contribution in [2.24, 2.45) is 5.92 Å². The minimum atomic E-state index is -4.43. The third-order valence-electron chi connectivity index (χ3n) is 5.36. The van der Waals surface area contributed by atoms with Crippen LogP contribution in [0.2, 0.25) is 0 Å². The Morgan fingerprint density at radius 2 is 1.68 bits per heavy atom. The summed E-state index contributed by atoms with van der Waals surface area (Å²) in [7, 11) is 1.63. The van der Waals surface area contributed by atoms with Gasteiger partial charge in [0.15, 0.2) is 0 Å². The molecule has 2 rings (SSSR count). The first-order valence-electron chi connectivity index (χ1n) is 10.3. The van der Waals surface area contributed by atoms with Gasteiger partial charge in [-0.2, -0.15) is 13.2 Å². The van der Waals surface area contributed by atoms with E-state index < -0.39 is 17.8 Å². The second-order valence-electron chi connectivity index (χ2n) is 7.55. The van der Waals surface area contributed by atoms with Crippen molar-refractivity contribution in [3.05, 3.63) is 29.8 Å². The maximum atomic E-state index is 12.6. The minimum Gasteiger partial charge on any atom is -0.410 e. The molecular weight excluding hydrogens is 413 g/mol. The fraction of sp³-hybridized carbons (Fsp3) is 0.591. The van der Waals surface area contributed by atoms with Crippen molar-refractivity contribution >= 4 is 6.09 Å². The Balaban J connectivity index is 1.80. The quantitative estimate of drug-likeness (QED) is 0.636. The molecule has 1 aliphatic rings. The van der Waals surface area contributed by atoms with Crippen LogP contribution in [0.5, 0.6) is 5.75 Å². The first-order valence-corrected chi connectivity index (χ1v) is 10.3. The normalized spacial score (nSPS) is 18.9. The lowest BCUT2D eigenvalue weighted by Crippen LogP contribution is -2.41. The van der Waals surface area contributed by atoms with E-state index in [9.17, 15) is 18.0 Å². The highest BCUT2D eigenvalue weighted by Gasteiger charge is 2.30. The van der Waals surface area contributed by atoms with Gasteiger partial charge in [-0.1, -0.05) is 11.8 Å². The third kappa shape index (κ3) is 8.05. The zero-order chi connectivity index (χ0) is 22.9. The molecule has 31 heavy (non-hydrogen) atoms. The summed E-state index contributed by atoms with van der Waals surface area (Å²) in [5.41, 5.74) is -0.795. The molecule has 2 N–H and O–H groups in total. The number of benzene rings is 1. The average Bonchev–Trinajstić information content (AvgIpc) is 2.74. The number of aliphatic hydroxyl groups excluding tert-OH is 2. The fourth-order valence-corrected chi connectivity index (χ4v) is 3.50. The zero-order valence-corrected chi connectivity index (χ0v) is 17.6. The van der Waals surface area contributed by atoms with E-state index in [-0.39, 0.29) is 30.9 Å². The van der Waals surface area contributed by atoms with Crippen LogP contribution in [0.4, 0.5) is 18.0 Å². The van der Waals surface area contributed by atoms with Crippen LogP contribution in [0.3, 0.4) is 0 Å². The van der Waals surface area contributed by atoms with Crippen molar-refractivity contribution in [3.8, 4) is 17.6 Å². The van der Waals surface area contributed by atoms with E-state index in [0.29, 0.717) is 19.6 Å². The van der Waals surface area contributed by atoms with Crippen molar-refractivity contribution in [2.45, 2.75) is 37.9 Å². The zero-order valence-electron chi connectivity index (χ0n) is 17.6. The summed E-state index contributed by atoms with van der Waals surface area (Å²) in [6.45, 7) is 1.45. The summed E-state index contributed by atoms with van der Waals surface area (Å²) < 4.78 is 43.1. The number of halogens is 3. The van der Waals surface area contributed by atoms with Crippen LogP contribution in [0.25, 0.3) is 0 Å². The van der Waals surface area contributed by atoms with Gasteiger partial charge in [0, 0.05) is 32.1 Å². The summed E-state index contributed by atoms with van der Waals surface area (Å²) >= 11 is 0. The molecule has 172 valence electrons. The first-order chi connectivity index (χ1) is 14.7. The number of carbonyl (C=O) groups is 1. The molecule has 0 heterocycles. The van der Waals surface area contributed by atoms with Crippen LogP contribution in [-0.4, -0.2) is 72.0 Å². The van der Waals surface area contributed by atoms with Crippen LogP contribution in [0, 0.1) is 17.8 Å². The number of carbonyl (C=O) groups excluding carboxylic acids is 1. The smallest absolute Gasteiger partial charge is 0.410 e. The van der Waals surface area contributed by atoms with E-state index >= 15 is 0 Å². The molecule has 0 unspecified atom stereocenters. The molecule has 1 aliphatic carbocycles. The Kier molecular flexibility index (Phi) is 9.62. The van der Waals surface area contributed by atoms with Crippen molar-refractivity contribution < 1.29 is 32.9 Å². The van der Waals surface area contributed by atoms with Gasteiger partial charge in [0.25, 0.3) is 0 Å². The Morgan fingerprint density at radius 1 is 1.10 bits per heavy atom. The number of hydrogen-bond donors (Lipinski definition) is 2. The number of amides is 1. The van der Waals surface area contributed by atoms with Crippen LogP contribution in [-0.2, 0) is 6.18 Å². The van der Waals surface area contributed by atoms with Crippen molar-refractivity contribution in [2.75, 3.05) is 39.9 Å². The highest BCUT2D eigenvalue weighted by molar-refractivity contribution is 5.70. The van der Waals surface area contributed by atoms with Crippen LogP contribution < -0.4 is 4.74 Å². The molecule has 0 radical (unpaired) electrons. The maximum Gasteiger partial charge on any atom is 0.416 e. The van der Waals surface area contributed by atoms with Gasteiger partial charge in [0.05, 0.1) is 25.3 Å². The second kappa shape index (κ2) is 11.9. The monoisotopic (exact) mass is 442 g/mol. The lowest BCUT2D eigenvalue weighted by molar-refractivity contribution is -0.137. The summed E-state index contributed by atoms with van der Waals surface area (Å²) in [6, 6.07) is 4.03. The maximum absolute atomic E-state index is 12.6. The predicted octanol–water partition coefficient (Wildman–Crippen LogP) is 2.98. The number of hydrogen-bond acceptors (Lipinski definition) is 5. The number of ether oxygens (including phenoxy) is 1. The molecule has 0 bridgehead atoms. The summed E-state index contributed by atoms with van der Waals surface area (Å²) in [6.07, 6.45) is -1.86. The van der Waals surface area contributed by atoms with Crippen molar-refractivity contribution in [1.29, 1.82) is 0 Å². The summed E-state index contributed by atoms with van der Waals surface area (Å²) in [5, 5.41) is 18.0. The third-order valence-corrected chi connectivity index (χ3v) is 5.36. The van der Waals surface area contributed by atoms with E-state index in [0.717, 1.165) is 49.9 Å². The second-order valence-corrected chi connectivity index (χ2v) is 7.55. The largest absolute Gasteiger partial charge is 0.416 e. The highest BCUT2D eigenvalue weighted by atomic mass is 19.4. The van der Waals surface area contributed by atoms with Crippen molar-refractivity contribution in [1.82, 2.24) is 9.80 Å². The first kappa shape index (κ1) is 25.0. The minimum absolute atomic E-state index is 0.0136. The molecule has 0 aromatic heterocycles. The number of rotatable bonds is 7. The number of nitrogens with zero attached hydrogens (tertiary/aromatic N) is 2. The SMILES string of the molecule is CN(C(=O)Oc1ccc(C(F)(F)F)cc1)[C@H]1CC[C@H](C#CCN(CCO)CCO)CC1. The van der Waals surface area contributed by atoms with Gasteiger partial charge >= 0.3 is 12.3 Å².